The standard InChI is InChI=1S/C11H23NO/c1-5-12-7-9(11(2,3)4)6-10(13)8-12/h9-10,13H,5-8H2,1-4H3/t9-,10-/m1/s1. The fourth-order valence-corrected chi connectivity index (χ4v) is 2.05. The second-order valence-corrected chi connectivity index (χ2v) is 5.30. The highest BCUT2D eigenvalue weighted by Crippen LogP contribution is 2.33. The molecule has 0 amide bonds. The highest BCUT2D eigenvalue weighted by Gasteiger charge is 2.32. The molecule has 0 bridgehead atoms. The zero-order valence-corrected chi connectivity index (χ0v) is 9.38. The molecule has 0 radical (unpaired) electrons. The van der Waals surface area contributed by atoms with Crippen LogP contribution in [0.5, 0.6) is 0 Å². The van der Waals surface area contributed by atoms with Gasteiger partial charge in [-0.2, -0.15) is 0 Å². The van der Waals surface area contributed by atoms with E-state index in [-0.39, 0.29) is 6.10 Å². The number of likely N-dealkylation sites (N-methyl/N-ethyl adjacent to an activating group) is 1. The number of nitrogens with zero attached hydrogens (tertiary/aromatic N) is 1. The molecule has 0 aromatic carbocycles. The van der Waals surface area contributed by atoms with E-state index in [1.165, 1.54) is 0 Å². The van der Waals surface area contributed by atoms with Crippen molar-refractivity contribution in [1.82, 2.24) is 4.90 Å². The highest BCUT2D eigenvalue weighted by molar-refractivity contribution is 4.84. The topological polar surface area (TPSA) is 23.5 Å². The van der Waals surface area contributed by atoms with Crippen LogP contribution in [0.3, 0.4) is 0 Å². The van der Waals surface area contributed by atoms with Crippen LogP contribution in [0, 0.1) is 11.3 Å². The summed E-state index contributed by atoms with van der Waals surface area (Å²) in [5, 5.41) is 9.70. The summed E-state index contributed by atoms with van der Waals surface area (Å²) in [4.78, 5) is 2.35. The lowest BCUT2D eigenvalue weighted by molar-refractivity contribution is 0.00681. The fraction of sp³-hybridized carbons (Fsp3) is 1.00. The summed E-state index contributed by atoms with van der Waals surface area (Å²) in [6.45, 7) is 12.0. The summed E-state index contributed by atoms with van der Waals surface area (Å²) in [6, 6.07) is 0. The predicted molar refractivity (Wildman–Crippen MR) is 55.7 cm³/mol. The average Bonchev–Trinajstić information content (AvgIpc) is 2.01. The van der Waals surface area contributed by atoms with Crippen LogP contribution in [-0.4, -0.2) is 35.7 Å². The third-order valence-electron chi connectivity index (χ3n) is 3.18. The van der Waals surface area contributed by atoms with Gasteiger partial charge in [-0.25, -0.2) is 0 Å². The first-order valence-electron chi connectivity index (χ1n) is 5.34. The van der Waals surface area contributed by atoms with Crippen molar-refractivity contribution in [2.45, 2.75) is 40.2 Å². The van der Waals surface area contributed by atoms with Gasteiger partial charge in [0, 0.05) is 13.1 Å². The fourth-order valence-electron chi connectivity index (χ4n) is 2.05. The molecular weight excluding hydrogens is 162 g/mol. The Bertz CT molecular complexity index is 162. The van der Waals surface area contributed by atoms with Crippen molar-refractivity contribution >= 4 is 0 Å². The van der Waals surface area contributed by atoms with Crippen molar-refractivity contribution in [3.63, 3.8) is 0 Å². The Balaban J connectivity index is 2.57. The van der Waals surface area contributed by atoms with Crippen molar-refractivity contribution in [2.24, 2.45) is 11.3 Å². The van der Waals surface area contributed by atoms with Gasteiger partial charge >= 0.3 is 0 Å². The summed E-state index contributed by atoms with van der Waals surface area (Å²) < 4.78 is 0. The van der Waals surface area contributed by atoms with Gasteiger partial charge in [-0.1, -0.05) is 27.7 Å². The summed E-state index contributed by atoms with van der Waals surface area (Å²) in [5.41, 5.74) is 0.328. The van der Waals surface area contributed by atoms with Crippen molar-refractivity contribution < 1.29 is 5.11 Å². The van der Waals surface area contributed by atoms with Gasteiger partial charge in [-0.3, -0.25) is 0 Å². The lowest BCUT2D eigenvalue weighted by Crippen LogP contribution is -2.46. The Morgan fingerprint density at radius 3 is 2.38 bits per heavy atom. The van der Waals surface area contributed by atoms with Gasteiger partial charge in [0.05, 0.1) is 6.10 Å². The first kappa shape index (κ1) is 11.0. The van der Waals surface area contributed by atoms with Gasteiger partial charge in [0.1, 0.15) is 0 Å². The van der Waals surface area contributed by atoms with E-state index in [4.69, 9.17) is 0 Å². The van der Waals surface area contributed by atoms with Crippen molar-refractivity contribution in [1.29, 1.82) is 0 Å². The number of likely N-dealkylation sites (tertiary alicyclic amines) is 1. The highest BCUT2D eigenvalue weighted by atomic mass is 16.3. The number of aliphatic hydroxyl groups is 1. The second kappa shape index (κ2) is 3.97. The van der Waals surface area contributed by atoms with Crippen molar-refractivity contribution in [3.8, 4) is 0 Å². The number of β-amino-alcohol motifs (C(OH)–C–C–N with tert-alkyl or cyclic N) is 1. The molecule has 2 nitrogen and oxygen atoms in total. The molecule has 0 unspecified atom stereocenters. The minimum Gasteiger partial charge on any atom is -0.392 e. The summed E-state index contributed by atoms with van der Waals surface area (Å²) >= 11 is 0. The lowest BCUT2D eigenvalue weighted by Gasteiger charge is -2.41. The summed E-state index contributed by atoms with van der Waals surface area (Å²) in [7, 11) is 0. The first-order valence-corrected chi connectivity index (χ1v) is 5.34. The molecule has 0 spiro atoms. The quantitative estimate of drug-likeness (QED) is 0.672. The van der Waals surface area contributed by atoms with Gasteiger partial charge < -0.3 is 10.0 Å². The molecule has 1 rings (SSSR count). The van der Waals surface area contributed by atoms with E-state index >= 15 is 0 Å². The Labute approximate surface area is 81.9 Å². The van der Waals surface area contributed by atoms with Gasteiger partial charge in [0.15, 0.2) is 0 Å². The van der Waals surface area contributed by atoms with E-state index in [0.29, 0.717) is 11.3 Å². The van der Waals surface area contributed by atoms with Crippen LogP contribution in [0.4, 0.5) is 0 Å². The minimum absolute atomic E-state index is 0.113. The minimum atomic E-state index is -0.113. The molecular formula is C11H23NO. The Morgan fingerprint density at radius 2 is 1.92 bits per heavy atom. The number of hydrogen-bond donors (Lipinski definition) is 1. The molecule has 1 aliphatic rings. The van der Waals surface area contributed by atoms with E-state index < -0.39 is 0 Å². The van der Waals surface area contributed by atoms with Crippen molar-refractivity contribution in [3.05, 3.63) is 0 Å². The normalized spacial score (nSPS) is 32.1. The SMILES string of the molecule is CCN1C[C@H](O)C[C@@H](C(C)(C)C)C1. The molecule has 1 heterocycles. The maximum atomic E-state index is 9.70. The number of rotatable bonds is 1. The van der Waals surface area contributed by atoms with E-state index in [9.17, 15) is 5.11 Å². The Kier molecular flexibility index (Phi) is 3.36. The van der Waals surface area contributed by atoms with E-state index in [0.717, 1.165) is 26.1 Å². The largest absolute Gasteiger partial charge is 0.392 e. The third kappa shape index (κ3) is 2.96. The zero-order valence-electron chi connectivity index (χ0n) is 9.38. The van der Waals surface area contributed by atoms with Crippen LogP contribution in [0.2, 0.25) is 0 Å². The molecule has 1 saturated heterocycles. The molecule has 2 heteroatoms. The van der Waals surface area contributed by atoms with Crippen LogP contribution >= 0.6 is 0 Å². The van der Waals surface area contributed by atoms with Crippen molar-refractivity contribution in [2.75, 3.05) is 19.6 Å². The van der Waals surface area contributed by atoms with Gasteiger partial charge in [-0.05, 0) is 24.3 Å². The van der Waals surface area contributed by atoms with Crippen LogP contribution in [0.1, 0.15) is 34.1 Å². The van der Waals surface area contributed by atoms with Crippen LogP contribution in [-0.2, 0) is 0 Å². The van der Waals surface area contributed by atoms with Gasteiger partial charge in [0.2, 0.25) is 0 Å². The molecule has 0 aromatic rings. The Morgan fingerprint density at radius 1 is 1.31 bits per heavy atom. The molecule has 78 valence electrons. The second-order valence-electron chi connectivity index (χ2n) is 5.30. The van der Waals surface area contributed by atoms with Gasteiger partial charge in [-0.15, -0.1) is 0 Å². The smallest absolute Gasteiger partial charge is 0.0670 e. The number of piperidine rings is 1. The molecule has 0 saturated carbocycles. The van der Waals surface area contributed by atoms with E-state index in [2.05, 4.69) is 32.6 Å². The van der Waals surface area contributed by atoms with Gasteiger partial charge in [0.25, 0.3) is 0 Å². The maximum absolute atomic E-state index is 9.70. The Hall–Kier alpha value is -0.0800. The lowest BCUT2D eigenvalue weighted by atomic mass is 9.75. The summed E-state index contributed by atoms with van der Waals surface area (Å²) in [5.74, 6) is 0.635. The molecule has 1 fully saturated rings. The molecule has 0 aliphatic carbocycles. The van der Waals surface area contributed by atoms with Crippen LogP contribution < -0.4 is 0 Å². The molecule has 1 N–H and O–H groups in total. The zero-order chi connectivity index (χ0) is 10.1. The first-order chi connectivity index (χ1) is 5.93. The van der Waals surface area contributed by atoms with Crippen LogP contribution in [0.15, 0.2) is 0 Å². The predicted octanol–water partition coefficient (Wildman–Crippen LogP) is 1.74. The number of hydrogen-bond acceptors (Lipinski definition) is 2. The monoisotopic (exact) mass is 185 g/mol. The molecule has 13 heavy (non-hydrogen) atoms. The van der Waals surface area contributed by atoms with E-state index in [1.54, 1.807) is 0 Å². The average molecular weight is 185 g/mol. The van der Waals surface area contributed by atoms with Crippen LogP contribution in [0.25, 0.3) is 0 Å². The number of aliphatic hydroxyl groups excluding tert-OH is 1. The summed E-state index contributed by atoms with van der Waals surface area (Å²) in [6.07, 6.45) is 0.859. The molecule has 0 aromatic heterocycles. The third-order valence-corrected chi connectivity index (χ3v) is 3.18. The van der Waals surface area contributed by atoms with E-state index in [1.807, 2.05) is 0 Å². The maximum Gasteiger partial charge on any atom is 0.0670 e. The molecule has 1 aliphatic heterocycles. The molecule has 2 atom stereocenters.